The van der Waals surface area contributed by atoms with E-state index in [1.807, 2.05) is 0 Å². The van der Waals surface area contributed by atoms with E-state index in [1.165, 1.54) is 6.07 Å². The van der Waals surface area contributed by atoms with Crippen LogP contribution in [0.15, 0.2) is 36.4 Å². The van der Waals surface area contributed by atoms with Crippen molar-refractivity contribution in [3.8, 4) is 17.4 Å². The fourth-order valence-corrected chi connectivity index (χ4v) is 2.12. The highest BCUT2D eigenvalue weighted by Gasteiger charge is 2.61. The molecule has 5 nitrogen and oxygen atoms in total. The third-order valence-electron chi connectivity index (χ3n) is 2.64. The van der Waals surface area contributed by atoms with Gasteiger partial charge in [-0.3, -0.25) is 0 Å². The minimum Gasteiger partial charge on any atom is -0.478 e. The van der Waals surface area contributed by atoms with Gasteiger partial charge in [0.25, 0.3) is 0 Å². The van der Waals surface area contributed by atoms with Gasteiger partial charge in [0.05, 0.1) is 5.56 Å². The molecule has 0 aliphatic heterocycles. The molecular weight excluding hydrogens is 468 g/mol. The summed E-state index contributed by atoms with van der Waals surface area (Å²) in [6.45, 7) is 0. The summed E-state index contributed by atoms with van der Waals surface area (Å²) in [6, 6.07) is 6.27. The monoisotopic (exact) mass is 475 g/mol. The lowest BCUT2D eigenvalue weighted by molar-refractivity contribution is -0.360. The van der Waals surface area contributed by atoms with Crippen LogP contribution in [0.5, 0.6) is 17.4 Å². The Labute approximate surface area is 150 Å². The maximum atomic E-state index is 12.8. The third kappa shape index (κ3) is 4.90. The normalized spacial score (nSPS) is 11.9. The zero-order valence-corrected chi connectivity index (χ0v) is 14.0. The molecule has 1 aromatic carbocycles. The molecule has 0 unspecified atom stereocenters. The number of pyridine rings is 1. The van der Waals surface area contributed by atoms with E-state index in [9.17, 15) is 26.7 Å². The van der Waals surface area contributed by atoms with E-state index in [0.717, 1.165) is 30.3 Å². The van der Waals surface area contributed by atoms with E-state index in [4.69, 9.17) is 9.84 Å². The number of rotatable bonds is 5. The Morgan fingerprint density at radius 3 is 2.12 bits per heavy atom. The lowest BCUT2D eigenvalue weighted by Crippen LogP contribution is -2.41. The van der Waals surface area contributed by atoms with Crippen molar-refractivity contribution in [3.05, 3.63) is 45.7 Å². The van der Waals surface area contributed by atoms with Gasteiger partial charge in [0.2, 0.25) is 5.88 Å². The molecular formula is C14H7F5INO4. The smallest absolute Gasteiger partial charge is 0.478 e. The van der Waals surface area contributed by atoms with E-state index in [-0.39, 0.29) is 17.2 Å². The number of halogens is 6. The standard InChI is InChI=1S/C14H7F5INO4/c15-13(16,17)14(18,19)25-9-3-1-8(2-4-9)24-11-6-7(12(22)23)5-10(20)21-11/h1-6H,(H,22,23). The van der Waals surface area contributed by atoms with Crippen molar-refractivity contribution in [3.63, 3.8) is 0 Å². The van der Waals surface area contributed by atoms with Gasteiger partial charge in [-0.2, -0.15) is 22.0 Å². The molecule has 134 valence electrons. The summed E-state index contributed by atoms with van der Waals surface area (Å²) in [5.41, 5.74) is -0.0841. The molecule has 0 fully saturated rings. The molecule has 0 saturated carbocycles. The molecule has 11 heteroatoms. The highest BCUT2D eigenvalue weighted by Crippen LogP contribution is 2.37. The maximum absolute atomic E-state index is 12.8. The van der Waals surface area contributed by atoms with Crippen molar-refractivity contribution in [2.24, 2.45) is 0 Å². The number of aromatic nitrogens is 1. The Kier molecular flexibility index (Phi) is 5.34. The summed E-state index contributed by atoms with van der Waals surface area (Å²) in [5, 5.41) is 8.94. The number of hydrogen-bond acceptors (Lipinski definition) is 4. The number of carbonyl (C=O) groups is 1. The van der Waals surface area contributed by atoms with E-state index >= 15 is 0 Å². The molecule has 0 aliphatic carbocycles. The molecule has 2 aromatic rings. The Bertz CT molecular complexity index is 780. The van der Waals surface area contributed by atoms with Crippen LogP contribution in [0.3, 0.4) is 0 Å². The van der Waals surface area contributed by atoms with Crippen molar-refractivity contribution in [1.82, 2.24) is 4.98 Å². The van der Waals surface area contributed by atoms with Crippen molar-refractivity contribution < 1.29 is 41.3 Å². The fourth-order valence-electron chi connectivity index (χ4n) is 1.55. The average molecular weight is 475 g/mol. The van der Waals surface area contributed by atoms with Crippen LogP contribution in [0.2, 0.25) is 0 Å². The molecule has 0 spiro atoms. The predicted molar refractivity (Wildman–Crippen MR) is 82.1 cm³/mol. The molecule has 1 aromatic heterocycles. The molecule has 0 atom stereocenters. The Hall–Kier alpha value is -2.18. The van der Waals surface area contributed by atoms with Crippen LogP contribution in [0.4, 0.5) is 22.0 Å². The number of carboxylic acid groups (broad SMARTS) is 1. The second kappa shape index (κ2) is 6.98. The quantitative estimate of drug-likeness (QED) is 0.386. The third-order valence-corrected chi connectivity index (χ3v) is 3.19. The zero-order valence-electron chi connectivity index (χ0n) is 11.9. The van der Waals surface area contributed by atoms with Crippen molar-refractivity contribution in [2.45, 2.75) is 12.3 Å². The second-order valence-electron chi connectivity index (χ2n) is 4.51. The SMILES string of the molecule is O=C(O)c1cc(I)nc(Oc2ccc(OC(F)(F)C(F)(F)F)cc2)c1. The van der Waals surface area contributed by atoms with Crippen LogP contribution in [0.1, 0.15) is 10.4 Å². The van der Waals surface area contributed by atoms with Crippen LogP contribution in [-0.2, 0) is 0 Å². The van der Waals surface area contributed by atoms with Crippen LogP contribution >= 0.6 is 22.6 Å². The number of hydrogen-bond donors (Lipinski definition) is 1. The van der Waals surface area contributed by atoms with E-state index in [2.05, 4.69) is 9.72 Å². The lowest BCUT2D eigenvalue weighted by Gasteiger charge is -2.20. The molecule has 1 N–H and O–H groups in total. The topological polar surface area (TPSA) is 68.7 Å². The number of aromatic carboxylic acids is 1. The summed E-state index contributed by atoms with van der Waals surface area (Å²) in [6.07, 6.45) is -11.2. The van der Waals surface area contributed by atoms with Gasteiger partial charge in [-0.1, -0.05) is 0 Å². The van der Waals surface area contributed by atoms with Crippen LogP contribution < -0.4 is 9.47 Å². The van der Waals surface area contributed by atoms with Crippen LogP contribution in [0, 0.1) is 3.70 Å². The second-order valence-corrected chi connectivity index (χ2v) is 5.62. The van der Waals surface area contributed by atoms with Crippen LogP contribution in [0.25, 0.3) is 0 Å². The average Bonchev–Trinajstić information content (AvgIpc) is 2.47. The summed E-state index contributed by atoms with van der Waals surface area (Å²) in [5.74, 6) is -1.98. The Morgan fingerprint density at radius 2 is 1.60 bits per heavy atom. The van der Waals surface area contributed by atoms with Gasteiger partial charge in [0.1, 0.15) is 15.2 Å². The number of alkyl halides is 5. The van der Waals surface area contributed by atoms with Gasteiger partial charge in [-0.25, -0.2) is 9.78 Å². The first-order valence-electron chi connectivity index (χ1n) is 6.30. The van der Waals surface area contributed by atoms with E-state index in [1.54, 1.807) is 22.6 Å². The van der Waals surface area contributed by atoms with Gasteiger partial charge < -0.3 is 14.6 Å². The lowest BCUT2D eigenvalue weighted by atomic mass is 10.3. The largest absolute Gasteiger partial charge is 0.499 e. The Morgan fingerprint density at radius 1 is 1.04 bits per heavy atom. The van der Waals surface area contributed by atoms with Gasteiger partial charge in [0.15, 0.2) is 0 Å². The van der Waals surface area contributed by atoms with E-state index in [0.29, 0.717) is 3.70 Å². The van der Waals surface area contributed by atoms with Gasteiger partial charge in [-0.15, -0.1) is 0 Å². The molecule has 0 saturated heterocycles. The highest BCUT2D eigenvalue weighted by atomic mass is 127. The number of nitrogens with zero attached hydrogens (tertiary/aromatic N) is 1. The van der Waals surface area contributed by atoms with Gasteiger partial charge in [0, 0.05) is 6.07 Å². The minimum absolute atomic E-state index is 0.0357. The first-order valence-corrected chi connectivity index (χ1v) is 7.38. The molecule has 0 amide bonds. The van der Waals surface area contributed by atoms with Gasteiger partial charge in [-0.05, 0) is 52.9 Å². The molecule has 0 aliphatic rings. The minimum atomic E-state index is -5.85. The first-order chi connectivity index (χ1) is 11.5. The fraction of sp³-hybridized carbons (Fsp3) is 0.143. The van der Waals surface area contributed by atoms with Crippen LogP contribution in [-0.4, -0.2) is 28.3 Å². The first kappa shape index (κ1) is 19.1. The van der Waals surface area contributed by atoms with Crippen molar-refractivity contribution in [2.75, 3.05) is 0 Å². The number of carboxylic acids is 1. The zero-order chi connectivity index (χ0) is 18.8. The summed E-state index contributed by atoms with van der Waals surface area (Å²) in [4.78, 5) is 14.9. The van der Waals surface area contributed by atoms with Gasteiger partial charge >= 0.3 is 18.3 Å². The maximum Gasteiger partial charge on any atom is 0.499 e. The van der Waals surface area contributed by atoms with Crippen molar-refractivity contribution in [1.29, 1.82) is 0 Å². The highest BCUT2D eigenvalue weighted by molar-refractivity contribution is 14.1. The number of benzene rings is 1. The summed E-state index contributed by atoms with van der Waals surface area (Å²) >= 11 is 1.77. The summed E-state index contributed by atoms with van der Waals surface area (Å²) < 4.78 is 71.0. The van der Waals surface area contributed by atoms with E-state index < -0.39 is 24.0 Å². The molecule has 0 radical (unpaired) electrons. The molecule has 0 bridgehead atoms. The number of ether oxygens (including phenoxy) is 2. The predicted octanol–water partition coefficient (Wildman–Crippen LogP) is 4.71. The summed E-state index contributed by atoms with van der Waals surface area (Å²) in [7, 11) is 0. The molecule has 1 heterocycles. The molecule has 25 heavy (non-hydrogen) atoms. The van der Waals surface area contributed by atoms with Crippen molar-refractivity contribution >= 4 is 28.6 Å². The Balaban J connectivity index is 2.15. The molecule has 2 rings (SSSR count).